The molecule has 3 rings (SSSR count). The van der Waals surface area contributed by atoms with Gasteiger partial charge in [0.2, 0.25) is 5.88 Å². The molecule has 0 radical (unpaired) electrons. The summed E-state index contributed by atoms with van der Waals surface area (Å²) in [5.41, 5.74) is 4.01. The molecule has 0 aliphatic rings. The van der Waals surface area contributed by atoms with E-state index in [-0.39, 0.29) is 0 Å². The molecular formula is C20H28N6O. The standard InChI is InChI=1S/C20H28N6O/c1-6-26(7-2)19-15(11-17-14(4)24-25(5)20(17)23-19)12-21-16-9-10-18(22-13-16)27-8-3/h9-11,13,21H,6-8,12H2,1-5H3. The van der Waals surface area contributed by atoms with Crippen LogP contribution in [-0.4, -0.2) is 39.4 Å². The minimum Gasteiger partial charge on any atom is -0.478 e. The van der Waals surface area contributed by atoms with Crippen LogP contribution in [0.2, 0.25) is 0 Å². The third kappa shape index (κ3) is 3.97. The van der Waals surface area contributed by atoms with E-state index in [2.05, 4.69) is 40.2 Å². The number of aromatic nitrogens is 4. The molecule has 27 heavy (non-hydrogen) atoms. The largest absolute Gasteiger partial charge is 0.478 e. The van der Waals surface area contributed by atoms with E-state index in [1.165, 1.54) is 0 Å². The summed E-state index contributed by atoms with van der Waals surface area (Å²) in [6.45, 7) is 11.4. The van der Waals surface area contributed by atoms with E-state index in [0.717, 1.165) is 46.9 Å². The van der Waals surface area contributed by atoms with Crippen LogP contribution in [0.3, 0.4) is 0 Å². The smallest absolute Gasteiger partial charge is 0.213 e. The number of aryl methyl sites for hydroxylation is 2. The van der Waals surface area contributed by atoms with Crippen LogP contribution in [0.1, 0.15) is 32.0 Å². The maximum Gasteiger partial charge on any atom is 0.213 e. The summed E-state index contributed by atoms with van der Waals surface area (Å²) in [6.07, 6.45) is 1.79. The van der Waals surface area contributed by atoms with Crippen LogP contribution < -0.4 is 15.0 Å². The number of fused-ring (bicyclic) bond motifs is 1. The Bertz CT molecular complexity index is 899. The van der Waals surface area contributed by atoms with Crippen LogP contribution >= 0.6 is 0 Å². The van der Waals surface area contributed by atoms with Gasteiger partial charge in [0, 0.05) is 43.7 Å². The Morgan fingerprint density at radius 3 is 2.59 bits per heavy atom. The van der Waals surface area contributed by atoms with Crippen molar-refractivity contribution < 1.29 is 4.74 Å². The van der Waals surface area contributed by atoms with E-state index in [9.17, 15) is 0 Å². The van der Waals surface area contributed by atoms with Crippen LogP contribution in [0.4, 0.5) is 11.5 Å². The van der Waals surface area contributed by atoms with Crippen molar-refractivity contribution in [2.75, 3.05) is 29.9 Å². The van der Waals surface area contributed by atoms with Crippen molar-refractivity contribution >= 4 is 22.5 Å². The number of nitrogens with one attached hydrogen (secondary N) is 1. The second-order valence-corrected chi connectivity index (χ2v) is 6.40. The lowest BCUT2D eigenvalue weighted by Gasteiger charge is -2.23. The predicted octanol–water partition coefficient (Wildman–Crippen LogP) is 3.53. The monoisotopic (exact) mass is 368 g/mol. The number of rotatable bonds is 8. The highest BCUT2D eigenvalue weighted by atomic mass is 16.5. The van der Waals surface area contributed by atoms with Gasteiger partial charge in [-0.25, -0.2) is 9.97 Å². The molecule has 0 fully saturated rings. The van der Waals surface area contributed by atoms with Gasteiger partial charge in [-0.2, -0.15) is 5.10 Å². The van der Waals surface area contributed by atoms with Crippen molar-refractivity contribution in [3.8, 4) is 5.88 Å². The number of pyridine rings is 2. The molecule has 1 N–H and O–H groups in total. The minimum atomic E-state index is 0.614. The van der Waals surface area contributed by atoms with Crippen LogP contribution in [-0.2, 0) is 13.6 Å². The lowest BCUT2D eigenvalue weighted by molar-refractivity contribution is 0.327. The van der Waals surface area contributed by atoms with Crippen molar-refractivity contribution in [3.63, 3.8) is 0 Å². The first-order valence-electron chi connectivity index (χ1n) is 9.48. The SMILES string of the molecule is CCOc1ccc(NCc2cc3c(C)nn(C)c3nc2N(CC)CC)cn1. The van der Waals surface area contributed by atoms with Crippen molar-refractivity contribution in [2.24, 2.45) is 7.05 Å². The second kappa shape index (κ2) is 8.24. The highest BCUT2D eigenvalue weighted by Gasteiger charge is 2.16. The quantitative estimate of drug-likeness (QED) is 0.656. The van der Waals surface area contributed by atoms with E-state index >= 15 is 0 Å². The average Bonchev–Trinajstić information content (AvgIpc) is 2.95. The van der Waals surface area contributed by atoms with Gasteiger partial charge >= 0.3 is 0 Å². The van der Waals surface area contributed by atoms with Gasteiger partial charge in [-0.15, -0.1) is 0 Å². The van der Waals surface area contributed by atoms with Gasteiger partial charge in [-0.1, -0.05) is 0 Å². The zero-order chi connectivity index (χ0) is 19.4. The van der Waals surface area contributed by atoms with Crippen LogP contribution in [0.15, 0.2) is 24.4 Å². The molecule has 144 valence electrons. The van der Waals surface area contributed by atoms with E-state index in [0.29, 0.717) is 19.0 Å². The topological polar surface area (TPSA) is 68.1 Å². The van der Waals surface area contributed by atoms with Gasteiger partial charge in [-0.3, -0.25) is 4.68 Å². The summed E-state index contributed by atoms with van der Waals surface area (Å²) in [4.78, 5) is 11.5. The maximum absolute atomic E-state index is 5.40. The molecular weight excluding hydrogens is 340 g/mol. The summed E-state index contributed by atoms with van der Waals surface area (Å²) in [5, 5.41) is 9.07. The highest BCUT2D eigenvalue weighted by Crippen LogP contribution is 2.26. The Hall–Kier alpha value is -2.83. The molecule has 7 nitrogen and oxygen atoms in total. The number of nitrogens with zero attached hydrogens (tertiary/aromatic N) is 5. The molecule has 0 spiro atoms. The zero-order valence-corrected chi connectivity index (χ0v) is 16.8. The first-order valence-corrected chi connectivity index (χ1v) is 9.48. The third-order valence-corrected chi connectivity index (χ3v) is 4.63. The van der Waals surface area contributed by atoms with Crippen molar-refractivity contribution in [1.29, 1.82) is 0 Å². The summed E-state index contributed by atoms with van der Waals surface area (Å²) in [6, 6.07) is 6.06. The molecule has 0 aliphatic heterocycles. The fourth-order valence-electron chi connectivity index (χ4n) is 3.22. The zero-order valence-electron chi connectivity index (χ0n) is 16.8. The Labute approximate surface area is 160 Å². The highest BCUT2D eigenvalue weighted by molar-refractivity contribution is 5.81. The van der Waals surface area contributed by atoms with Gasteiger partial charge < -0.3 is 15.0 Å². The molecule has 0 unspecified atom stereocenters. The molecule has 0 aromatic carbocycles. The second-order valence-electron chi connectivity index (χ2n) is 6.40. The van der Waals surface area contributed by atoms with Gasteiger partial charge in [-0.05, 0) is 39.8 Å². The third-order valence-electron chi connectivity index (χ3n) is 4.63. The van der Waals surface area contributed by atoms with Crippen molar-refractivity contribution in [2.45, 2.75) is 34.2 Å². The van der Waals surface area contributed by atoms with Gasteiger partial charge in [0.05, 0.1) is 24.2 Å². The molecule has 0 bridgehead atoms. The van der Waals surface area contributed by atoms with Crippen molar-refractivity contribution in [3.05, 3.63) is 35.7 Å². The first kappa shape index (κ1) is 18.9. The lowest BCUT2D eigenvalue weighted by atomic mass is 10.1. The number of hydrogen-bond donors (Lipinski definition) is 1. The molecule has 3 aromatic heterocycles. The molecule has 7 heteroatoms. The van der Waals surface area contributed by atoms with E-state index in [1.807, 2.05) is 37.7 Å². The fourth-order valence-corrected chi connectivity index (χ4v) is 3.22. The molecule has 0 saturated carbocycles. The first-order chi connectivity index (χ1) is 13.1. The summed E-state index contributed by atoms with van der Waals surface area (Å²) in [5.74, 6) is 1.64. The van der Waals surface area contributed by atoms with Crippen LogP contribution in [0.5, 0.6) is 5.88 Å². The summed E-state index contributed by atoms with van der Waals surface area (Å²) >= 11 is 0. The van der Waals surface area contributed by atoms with Gasteiger partial charge in [0.15, 0.2) is 5.65 Å². The number of anilines is 2. The number of ether oxygens (including phenoxy) is 1. The van der Waals surface area contributed by atoms with Crippen molar-refractivity contribution in [1.82, 2.24) is 19.7 Å². The summed E-state index contributed by atoms with van der Waals surface area (Å²) < 4.78 is 7.25. The Balaban J connectivity index is 1.91. The molecule has 0 atom stereocenters. The molecule has 0 saturated heterocycles. The molecule has 0 amide bonds. The summed E-state index contributed by atoms with van der Waals surface area (Å²) in [7, 11) is 1.94. The molecule has 3 heterocycles. The molecule has 3 aromatic rings. The van der Waals surface area contributed by atoms with Crippen LogP contribution in [0, 0.1) is 6.92 Å². The maximum atomic E-state index is 5.40. The Kier molecular flexibility index (Phi) is 5.78. The van der Waals surface area contributed by atoms with E-state index < -0.39 is 0 Å². The van der Waals surface area contributed by atoms with E-state index in [1.54, 1.807) is 6.20 Å². The lowest BCUT2D eigenvalue weighted by Crippen LogP contribution is -2.25. The molecule has 0 aliphatic carbocycles. The average molecular weight is 368 g/mol. The van der Waals surface area contributed by atoms with Crippen LogP contribution in [0.25, 0.3) is 11.0 Å². The Morgan fingerprint density at radius 1 is 1.19 bits per heavy atom. The van der Waals surface area contributed by atoms with Gasteiger partial charge in [0.25, 0.3) is 0 Å². The predicted molar refractivity (Wildman–Crippen MR) is 110 cm³/mol. The fraction of sp³-hybridized carbons (Fsp3) is 0.450. The number of hydrogen-bond acceptors (Lipinski definition) is 6. The Morgan fingerprint density at radius 2 is 1.96 bits per heavy atom. The van der Waals surface area contributed by atoms with E-state index in [4.69, 9.17) is 9.72 Å². The van der Waals surface area contributed by atoms with Gasteiger partial charge in [0.1, 0.15) is 5.82 Å². The minimum absolute atomic E-state index is 0.614. The normalized spacial score (nSPS) is 11.0.